The van der Waals surface area contributed by atoms with Gasteiger partial charge >= 0.3 is 0 Å². The molecule has 0 radical (unpaired) electrons. The quantitative estimate of drug-likeness (QED) is 0.587. The molecule has 6 nitrogen and oxygen atoms in total. The van der Waals surface area contributed by atoms with Gasteiger partial charge in [0, 0.05) is 13.1 Å². The number of rotatable bonds is 10. The highest BCUT2D eigenvalue weighted by molar-refractivity contribution is 7.89. The summed E-state index contributed by atoms with van der Waals surface area (Å²) in [5.41, 5.74) is 2.97. The molecule has 170 valence electrons. The van der Waals surface area contributed by atoms with Crippen LogP contribution in [0.3, 0.4) is 0 Å². The van der Waals surface area contributed by atoms with E-state index in [1.165, 1.54) is 4.31 Å². The standard InChI is InChI=1S/C24H34N2O4S/c1-7-26(8-2)31(28,29)21-12-10-20(11-13-21)19(6)25-24(27)16-30-23-15-18(5)9-14-22(23)17(3)4/h9-15,17,19H,7-8,16H2,1-6H3,(H,25,27). The second kappa shape index (κ2) is 10.8. The van der Waals surface area contributed by atoms with Gasteiger partial charge in [-0.1, -0.05) is 52.0 Å². The van der Waals surface area contributed by atoms with Crippen LogP contribution in [-0.2, 0) is 14.8 Å². The van der Waals surface area contributed by atoms with Crippen molar-refractivity contribution in [2.45, 2.75) is 58.4 Å². The Morgan fingerprint density at radius 2 is 1.65 bits per heavy atom. The summed E-state index contributed by atoms with van der Waals surface area (Å²) in [5, 5.41) is 2.91. The molecule has 0 aromatic heterocycles. The molecule has 0 aliphatic carbocycles. The summed E-state index contributed by atoms with van der Waals surface area (Å²) in [6.45, 7) is 12.4. The maximum atomic E-state index is 12.6. The van der Waals surface area contributed by atoms with Crippen molar-refractivity contribution in [3.8, 4) is 5.75 Å². The molecule has 1 atom stereocenters. The molecule has 0 bridgehead atoms. The SMILES string of the molecule is CCN(CC)S(=O)(=O)c1ccc(C(C)NC(=O)COc2cc(C)ccc2C(C)C)cc1. The Kier molecular flexibility index (Phi) is 8.65. The van der Waals surface area contributed by atoms with Gasteiger partial charge in [0.05, 0.1) is 10.9 Å². The molecule has 0 spiro atoms. The van der Waals surface area contributed by atoms with Crippen LogP contribution >= 0.6 is 0 Å². The highest BCUT2D eigenvalue weighted by Gasteiger charge is 2.21. The molecule has 7 heteroatoms. The van der Waals surface area contributed by atoms with Crippen molar-refractivity contribution in [2.75, 3.05) is 19.7 Å². The molecule has 0 aliphatic heterocycles. The Hall–Kier alpha value is -2.38. The van der Waals surface area contributed by atoms with Crippen molar-refractivity contribution in [3.63, 3.8) is 0 Å². The number of hydrogen-bond donors (Lipinski definition) is 1. The molecule has 2 aromatic carbocycles. The Morgan fingerprint density at radius 3 is 2.19 bits per heavy atom. The molecular weight excluding hydrogens is 412 g/mol. The van der Waals surface area contributed by atoms with E-state index in [9.17, 15) is 13.2 Å². The lowest BCUT2D eigenvalue weighted by atomic mass is 10.0. The third-order valence-corrected chi connectivity index (χ3v) is 7.31. The molecule has 0 fully saturated rings. The van der Waals surface area contributed by atoms with Crippen LogP contribution in [0, 0.1) is 6.92 Å². The summed E-state index contributed by atoms with van der Waals surface area (Å²) in [7, 11) is -3.49. The van der Waals surface area contributed by atoms with E-state index in [1.807, 2.05) is 45.9 Å². The second-order valence-corrected chi connectivity index (χ2v) is 9.87. The van der Waals surface area contributed by atoms with Gasteiger partial charge in [-0.2, -0.15) is 4.31 Å². The largest absolute Gasteiger partial charge is 0.483 e. The minimum Gasteiger partial charge on any atom is -0.483 e. The summed E-state index contributed by atoms with van der Waals surface area (Å²) in [6.07, 6.45) is 0. The van der Waals surface area contributed by atoms with Gasteiger partial charge in [-0.15, -0.1) is 0 Å². The molecule has 2 rings (SSSR count). The molecule has 0 saturated heterocycles. The first kappa shape index (κ1) is 24.9. The maximum absolute atomic E-state index is 12.6. The first-order valence-electron chi connectivity index (χ1n) is 10.7. The van der Waals surface area contributed by atoms with E-state index in [2.05, 4.69) is 19.2 Å². The summed E-state index contributed by atoms with van der Waals surface area (Å²) < 4.78 is 32.4. The topological polar surface area (TPSA) is 75.7 Å². The first-order chi connectivity index (χ1) is 14.6. The van der Waals surface area contributed by atoms with Crippen molar-refractivity contribution in [1.29, 1.82) is 0 Å². The van der Waals surface area contributed by atoms with Gasteiger partial charge in [-0.3, -0.25) is 4.79 Å². The number of nitrogens with one attached hydrogen (secondary N) is 1. The number of benzene rings is 2. The lowest BCUT2D eigenvalue weighted by molar-refractivity contribution is -0.123. The van der Waals surface area contributed by atoms with Gasteiger partial charge in [0.15, 0.2) is 6.61 Å². The Labute approximate surface area is 186 Å². The lowest BCUT2D eigenvalue weighted by Gasteiger charge is -2.20. The maximum Gasteiger partial charge on any atom is 0.258 e. The zero-order chi connectivity index (χ0) is 23.2. The van der Waals surface area contributed by atoms with E-state index >= 15 is 0 Å². The monoisotopic (exact) mass is 446 g/mol. The highest BCUT2D eigenvalue weighted by Crippen LogP contribution is 2.27. The smallest absolute Gasteiger partial charge is 0.258 e. The number of nitrogens with zero attached hydrogens (tertiary/aromatic N) is 1. The van der Waals surface area contributed by atoms with Gasteiger partial charge in [0.2, 0.25) is 10.0 Å². The van der Waals surface area contributed by atoms with Crippen molar-refractivity contribution in [2.24, 2.45) is 0 Å². The summed E-state index contributed by atoms with van der Waals surface area (Å²) in [6, 6.07) is 12.4. The van der Waals surface area contributed by atoms with Crippen LogP contribution in [0.1, 0.15) is 63.3 Å². The van der Waals surface area contributed by atoms with Crippen LogP contribution < -0.4 is 10.1 Å². The van der Waals surface area contributed by atoms with Crippen LogP contribution in [-0.4, -0.2) is 38.3 Å². The molecule has 2 aromatic rings. The average molecular weight is 447 g/mol. The fraction of sp³-hybridized carbons (Fsp3) is 0.458. The van der Waals surface area contributed by atoms with E-state index in [1.54, 1.807) is 24.3 Å². The van der Waals surface area contributed by atoms with Gasteiger partial charge in [0.1, 0.15) is 5.75 Å². The van der Waals surface area contributed by atoms with Crippen LogP contribution in [0.5, 0.6) is 5.75 Å². The molecule has 1 unspecified atom stereocenters. The van der Waals surface area contributed by atoms with Crippen LogP contribution in [0.25, 0.3) is 0 Å². The fourth-order valence-corrected chi connectivity index (χ4v) is 4.85. The number of carbonyl (C=O) groups is 1. The number of hydrogen-bond acceptors (Lipinski definition) is 4. The number of aryl methyl sites for hydroxylation is 1. The van der Waals surface area contributed by atoms with Gasteiger partial charge in [-0.05, 0) is 54.7 Å². The van der Waals surface area contributed by atoms with E-state index in [-0.39, 0.29) is 23.5 Å². The summed E-state index contributed by atoms with van der Waals surface area (Å²) >= 11 is 0. The molecule has 0 saturated carbocycles. The van der Waals surface area contributed by atoms with Crippen LogP contribution in [0.15, 0.2) is 47.4 Å². The zero-order valence-corrected chi connectivity index (χ0v) is 20.1. The predicted octanol–water partition coefficient (Wildman–Crippen LogP) is 4.41. The highest BCUT2D eigenvalue weighted by atomic mass is 32.2. The molecule has 0 aliphatic rings. The third kappa shape index (κ3) is 6.31. The van der Waals surface area contributed by atoms with Gasteiger partial charge in [-0.25, -0.2) is 8.42 Å². The van der Waals surface area contributed by atoms with E-state index in [4.69, 9.17) is 4.74 Å². The minimum atomic E-state index is -3.49. The average Bonchev–Trinajstić information content (AvgIpc) is 2.72. The normalized spacial score (nSPS) is 12.8. The Balaban J connectivity index is 2.02. The number of ether oxygens (including phenoxy) is 1. The van der Waals surface area contributed by atoms with Crippen molar-refractivity contribution in [3.05, 3.63) is 59.2 Å². The third-order valence-electron chi connectivity index (χ3n) is 5.25. The van der Waals surface area contributed by atoms with E-state index in [0.717, 1.165) is 22.4 Å². The van der Waals surface area contributed by atoms with E-state index in [0.29, 0.717) is 19.0 Å². The van der Waals surface area contributed by atoms with Gasteiger partial charge < -0.3 is 10.1 Å². The number of sulfonamides is 1. The van der Waals surface area contributed by atoms with Crippen molar-refractivity contribution >= 4 is 15.9 Å². The second-order valence-electron chi connectivity index (χ2n) is 7.93. The lowest BCUT2D eigenvalue weighted by Crippen LogP contribution is -2.32. The predicted molar refractivity (Wildman–Crippen MR) is 124 cm³/mol. The fourth-order valence-electron chi connectivity index (χ4n) is 3.39. The van der Waals surface area contributed by atoms with Crippen molar-refractivity contribution in [1.82, 2.24) is 9.62 Å². The molecule has 0 heterocycles. The molecular formula is C24H34N2O4S. The molecule has 1 N–H and O–H groups in total. The molecule has 1 amide bonds. The number of carbonyl (C=O) groups excluding carboxylic acids is 1. The van der Waals surface area contributed by atoms with E-state index < -0.39 is 10.0 Å². The zero-order valence-electron chi connectivity index (χ0n) is 19.3. The Bertz CT molecular complexity index is 981. The van der Waals surface area contributed by atoms with Crippen LogP contribution in [0.4, 0.5) is 0 Å². The van der Waals surface area contributed by atoms with Gasteiger partial charge in [0.25, 0.3) is 5.91 Å². The Morgan fingerprint density at radius 1 is 1.03 bits per heavy atom. The molecule has 31 heavy (non-hydrogen) atoms. The number of amides is 1. The summed E-state index contributed by atoms with van der Waals surface area (Å²) in [5.74, 6) is 0.788. The summed E-state index contributed by atoms with van der Waals surface area (Å²) in [4.78, 5) is 12.7. The van der Waals surface area contributed by atoms with Crippen LogP contribution in [0.2, 0.25) is 0 Å². The first-order valence-corrected chi connectivity index (χ1v) is 12.2. The minimum absolute atomic E-state index is 0.0814. The van der Waals surface area contributed by atoms with Crippen molar-refractivity contribution < 1.29 is 17.9 Å².